The largest absolute Gasteiger partial charge is 0.467 e. The molecule has 19 heavy (non-hydrogen) atoms. The monoisotopic (exact) mass is 277 g/mol. The molecule has 0 heterocycles. The summed E-state index contributed by atoms with van der Waals surface area (Å²) in [6.07, 6.45) is -2.85. The zero-order valence-corrected chi connectivity index (χ0v) is 11.6. The molecule has 8 nitrogen and oxygen atoms in total. The van der Waals surface area contributed by atoms with Crippen LogP contribution in [0.1, 0.15) is 20.8 Å². The third-order valence-corrected chi connectivity index (χ3v) is 1.89. The molecule has 0 aliphatic heterocycles. The molecule has 0 aliphatic carbocycles. The first-order valence-corrected chi connectivity index (χ1v) is 5.45. The number of nitrogens with one attached hydrogen (secondary N) is 1. The minimum Gasteiger partial charge on any atom is -0.467 e. The van der Waals surface area contributed by atoms with Crippen LogP contribution in [0, 0.1) is 0 Å². The van der Waals surface area contributed by atoms with Crippen LogP contribution in [0.5, 0.6) is 0 Å². The quantitative estimate of drug-likeness (QED) is 0.530. The average Bonchev–Trinajstić information content (AvgIpc) is 2.30. The molecule has 2 atom stereocenters. The van der Waals surface area contributed by atoms with E-state index in [0.717, 1.165) is 14.2 Å². The van der Waals surface area contributed by atoms with E-state index < -0.39 is 35.8 Å². The SMILES string of the molecule is COC(=O)[C@@H](NC(=O)OC(C)(C)C)[C@@H](O)C(=O)OC. The van der Waals surface area contributed by atoms with Gasteiger partial charge in [0.15, 0.2) is 12.1 Å². The Morgan fingerprint density at radius 3 is 1.89 bits per heavy atom. The summed E-state index contributed by atoms with van der Waals surface area (Å²) in [5, 5.41) is 11.6. The van der Waals surface area contributed by atoms with E-state index >= 15 is 0 Å². The van der Waals surface area contributed by atoms with Crippen LogP contribution in [0.2, 0.25) is 0 Å². The van der Waals surface area contributed by atoms with E-state index in [4.69, 9.17) is 4.74 Å². The number of amides is 1. The number of carbonyl (C=O) groups excluding carboxylic acids is 3. The number of aliphatic hydroxyl groups is 1. The molecule has 110 valence electrons. The predicted molar refractivity (Wildman–Crippen MR) is 63.2 cm³/mol. The molecule has 0 rings (SSSR count). The van der Waals surface area contributed by atoms with Crippen molar-refractivity contribution in [2.45, 2.75) is 38.5 Å². The smallest absolute Gasteiger partial charge is 0.408 e. The van der Waals surface area contributed by atoms with Crippen LogP contribution in [0.15, 0.2) is 0 Å². The van der Waals surface area contributed by atoms with Gasteiger partial charge in [0.1, 0.15) is 5.60 Å². The normalized spacial score (nSPS) is 14.0. The molecular formula is C11H19NO7. The molecule has 0 aromatic heterocycles. The van der Waals surface area contributed by atoms with Gasteiger partial charge in [-0.25, -0.2) is 14.4 Å². The maximum atomic E-state index is 11.5. The number of hydrogen-bond donors (Lipinski definition) is 2. The second-order valence-electron chi connectivity index (χ2n) is 4.62. The van der Waals surface area contributed by atoms with E-state index in [-0.39, 0.29) is 0 Å². The summed E-state index contributed by atoms with van der Waals surface area (Å²) in [6.45, 7) is 4.86. The first kappa shape index (κ1) is 17.2. The fourth-order valence-corrected chi connectivity index (χ4v) is 1.09. The van der Waals surface area contributed by atoms with Gasteiger partial charge in [-0.15, -0.1) is 0 Å². The van der Waals surface area contributed by atoms with Crippen molar-refractivity contribution >= 4 is 18.0 Å². The van der Waals surface area contributed by atoms with Gasteiger partial charge in [0.05, 0.1) is 14.2 Å². The Kier molecular flexibility index (Phi) is 6.26. The lowest BCUT2D eigenvalue weighted by atomic mass is 10.1. The molecule has 0 saturated heterocycles. The van der Waals surface area contributed by atoms with Gasteiger partial charge in [-0.3, -0.25) is 0 Å². The number of aliphatic hydroxyl groups excluding tert-OH is 1. The lowest BCUT2D eigenvalue weighted by Crippen LogP contribution is -2.53. The van der Waals surface area contributed by atoms with Crippen LogP contribution in [-0.2, 0) is 23.8 Å². The van der Waals surface area contributed by atoms with Crippen molar-refractivity contribution in [1.82, 2.24) is 5.32 Å². The van der Waals surface area contributed by atoms with Gasteiger partial charge in [-0.1, -0.05) is 0 Å². The molecule has 0 bridgehead atoms. The maximum absolute atomic E-state index is 11.5. The Morgan fingerprint density at radius 2 is 1.53 bits per heavy atom. The van der Waals surface area contributed by atoms with Gasteiger partial charge in [-0.2, -0.15) is 0 Å². The molecule has 0 aromatic rings. The Hall–Kier alpha value is -1.83. The summed E-state index contributed by atoms with van der Waals surface area (Å²) >= 11 is 0. The number of esters is 2. The summed E-state index contributed by atoms with van der Waals surface area (Å²) in [7, 11) is 2.09. The highest BCUT2D eigenvalue weighted by Gasteiger charge is 2.36. The average molecular weight is 277 g/mol. The minimum atomic E-state index is -1.88. The lowest BCUT2D eigenvalue weighted by Gasteiger charge is -2.24. The summed E-state index contributed by atoms with van der Waals surface area (Å²) in [5.41, 5.74) is -0.791. The minimum absolute atomic E-state index is 0.791. The highest BCUT2D eigenvalue weighted by atomic mass is 16.6. The topological polar surface area (TPSA) is 111 Å². The zero-order valence-electron chi connectivity index (χ0n) is 11.6. The molecule has 0 unspecified atom stereocenters. The van der Waals surface area contributed by atoms with Crippen molar-refractivity contribution in [2.24, 2.45) is 0 Å². The molecule has 0 aromatic carbocycles. The molecule has 1 amide bonds. The number of alkyl carbamates (subject to hydrolysis) is 1. The fourth-order valence-electron chi connectivity index (χ4n) is 1.09. The molecule has 8 heteroatoms. The Labute approximate surface area is 111 Å². The molecule has 0 aliphatic rings. The van der Waals surface area contributed by atoms with Crippen molar-refractivity contribution in [1.29, 1.82) is 0 Å². The Morgan fingerprint density at radius 1 is 1.05 bits per heavy atom. The van der Waals surface area contributed by atoms with Crippen molar-refractivity contribution < 1.29 is 33.7 Å². The predicted octanol–water partition coefficient (Wildman–Crippen LogP) is -0.413. The van der Waals surface area contributed by atoms with Crippen LogP contribution in [0.3, 0.4) is 0 Å². The van der Waals surface area contributed by atoms with E-state index in [1.165, 1.54) is 0 Å². The Balaban J connectivity index is 4.84. The summed E-state index contributed by atoms with van der Waals surface area (Å²) < 4.78 is 13.6. The van der Waals surface area contributed by atoms with Gasteiger partial charge >= 0.3 is 18.0 Å². The standard InChI is InChI=1S/C11H19NO7/c1-11(2,3)19-10(16)12-6(8(14)17-4)7(13)9(15)18-5/h6-7,13H,1-5H3,(H,12,16)/t6-,7+/m0/s1. The van der Waals surface area contributed by atoms with Crippen molar-refractivity contribution in [3.05, 3.63) is 0 Å². The zero-order chi connectivity index (χ0) is 15.2. The third-order valence-electron chi connectivity index (χ3n) is 1.89. The van der Waals surface area contributed by atoms with Crippen LogP contribution >= 0.6 is 0 Å². The first-order chi connectivity index (χ1) is 8.62. The van der Waals surface area contributed by atoms with E-state index in [1.54, 1.807) is 20.8 Å². The molecule has 0 spiro atoms. The van der Waals surface area contributed by atoms with Crippen molar-refractivity contribution in [2.75, 3.05) is 14.2 Å². The van der Waals surface area contributed by atoms with Crippen molar-refractivity contribution in [3.63, 3.8) is 0 Å². The second kappa shape index (κ2) is 6.93. The maximum Gasteiger partial charge on any atom is 0.408 e. The first-order valence-electron chi connectivity index (χ1n) is 5.45. The van der Waals surface area contributed by atoms with Crippen LogP contribution in [-0.4, -0.2) is 55.1 Å². The van der Waals surface area contributed by atoms with Crippen LogP contribution in [0.25, 0.3) is 0 Å². The van der Waals surface area contributed by atoms with Gasteiger partial charge in [0, 0.05) is 0 Å². The summed E-state index contributed by atoms with van der Waals surface area (Å²) in [5.74, 6) is -2.07. The van der Waals surface area contributed by atoms with Crippen LogP contribution in [0.4, 0.5) is 4.79 Å². The highest BCUT2D eigenvalue weighted by molar-refractivity contribution is 5.89. The van der Waals surface area contributed by atoms with Crippen LogP contribution < -0.4 is 5.32 Å². The lowest BCUT2D eigenvalue weighted by molar-refractivity contribution is -0.159. The van der Waals surface area contributed by atoms with E-state index in [0.29, 0.717) is 0 Å². The second-order valence-corrected chi connectivity index (χ2v) is 4.62. The van der Waals surface area contributed by atoms with E-state index in [1.807, 2.05) is 0 Å². The number of hydrogen-bond acceptors (Lipinski definition) is 7. The van der Waals surface area contributed by atoms with Gasteiger partial charge in [0.2, 0.25) is 0 Å². The molecule has 2 N–H and O–H groups in total. The number of rotatable bonds is 4. The van der Waals surface area contributed by atoms with Gasteiger partial charge in [0.25, 0.3) is 0 Å². The molecular weight excluding hydrogens is 258 g/mol. The number of carbonyl (C=O) groups is 3. The summed E-state index contributed by atoms with van der Waals surface area (Å²) in [6, 6.07) is -1.60. The van der Waals surface area contributed by atoms with Crippen molar-refractivity contribution in [3.8, 4) is 0 Å². The van der Waals surface area contributed by atoms with Gasteiger partial charge in [-0.05, 0) is 20.8 Å². The van der Waals surface area contributed by atoms with E-state index in [9.17, 15) is 19.5 Å². The van der Waals surface area contributed by atoms with E-state index in [2.05, 4.69) is 14.8 Å². The highest BCUT2D eigenvalue weighted by Crippen LogP contribution is 2.08. The molecule has 0 fully saturated rings. The third kappa shape index (κ3) is 6.05. The number of methoxy groups -OCH3 is 2. The Bertz CT molecular complexity index is 347. The molecule has 0 saturated carbocycles. The molecule has 0 radical (unpaired) electrons. The van der Waals surface area contributed by atoms with Gasteiger partial charge < -0.3 is 24.6 Å². The summed E-state index contributed by atoms with van der Waals surface area (Å²) in [4.78, 5) is 34.1. The number of ether oxygens (including phenoxy) is 3. The fraction of sp³-hybridized carbons (Fsp3) is 0.727.